The van der Waals surface area contributed by atoms with Crippen molar-refractivity contribution in [3.05, 3.63) is 53.6 Å². The van der Waals surface area contributed by atoms with E-state index in [1.54, 1.807) is 35.5 Å². The van der Waals surface area contributed by atoms with Crippen molar-refractivity contribution in [1.29, 1.82) is 0 Å². The van der Waals surface area contributed by atoms with Crippen LogP contribution in [0, 0.1) is 6.92 Å². The smallest absolute Gasteiger partial charge is 0.260 e. The molecule has 0 aromatic heterocycles. The highest BCUT2D eigenvalue weighted by atomic mass is 32.2. The first-order valence-corrected chi connectivity index (χ1v) is 13.4. The van der Waals surface area contributed by atoms with Gasteiger partial charge in [-0.05, 0) is 74.1 Å². The summed E-state index contributed by atoms with van der Waals surface area (Å²) in [6.45, 7) is 9.63. The van der Waals surface area contributed by atoms with Crippen LogP contribution >= 0.6 is 0 Å². The number of carbonyl (C=O) groups excluding carboxylic acids is 1. The van der Waals surface area contributed by atoms with Crippen LogP contribution in [0.2, 0.25) is 0 Å². The molecule has 1 atom stereocenters. The molecule has 0 aliphatic carbocycles. The van der Waals surface area contributed by atoms with Gasteiger partial charge in [0, 0.05) is 13.1 Å². The number of hydrogen-bond acceptors (Lipinski definition) is 5. The number of nitrogens with one attached hydrogen (secondary N) is 1. The molecule has 1 saturated heterocycles. The fraction of sp³-hybridized carbons (Fsp3) is 0.500. The number of benzene rings is 2. The number of piperidine rings is 1. The van der Waals surface area contributed by atoms with E-state index in [0.29, 0.717) is 31.3 Å². The minimum Gasteiger partial charge on any atom is -0.492 e. The largest absolute Gasteiger partial charge is 0.492 e. The molecule has 0 spiro atoms. The maximum Gasteiger partial charge on any atom is 0.260 e. The number of rotatable bonds is 10. The molecule has 0 saturated carbocycles. The highest BCUT2D eigenvalue weighted by Crippen LogP contribution is 2.28. The van der Waals surface area contributed by atoms with Gasteiger partial charge >= 0.3 is 0 Å². The summed E-state index contributed by atoms with van der Waals surface area (Å²) in [5.74, 6) is 1.36. The van der Waals surface area contributed by atoms with Crippen molar-refractivity contribution in [3.63, 3.8) is 0 Å². The topological polar surface area (TPSA) is 84.9 Å². The molecule has 0 unspecified atom stereocenters. The highest BCUT2D eigenvalue weighted by molar-refractivity contribution is 7.89. The van der Waals surface area contributed by atoms with Crippen LogP contribution in [0.3, 0.4) is 0 Å². The fourth-order valence-electron chi connectivity index (χ4n) is 3.91. The van der Waals surface area contributed by atoms with Crippen molar-refractivity contribution in [2.75, 3.05) is 26.2 Å². The van der Waals surface area contributed by atoms with Crippen LogP contribution in [0.5, 0.6) is 11.5 Å². The lowest BCUT2D eigenvalue weighted by molar-refractivity contribution is -0.127. The fourth-order valence-corrected chi connectivity index (χ4v) is 5.43. The first-order valence-electron chi connectivity index (χ1n) is 12.0. The third kappa shape index (κ3) is 6.73. The summed E-state index contributed by atoms with van der Waals surface area (Å²) in [4.78, 5) is 12.7. The van der Waals surface area contributed by atoms with Gasteiger partial charge in [0.25, 0.3) is 5.91 Å². The molecule has 1 N–H and O–H groups in total. The van der Waals surface area contributed by atoms with Crippen LogP contribution in [-0.4, -0.2) is 51.0 Å². The number of amides is 1. The molecule has 34 heavy (non-hydrogen) atoms. The van der Waals surface area contributed by atoms with E-state index < -0.39 is 16.1 Å². The van der Waals surface area contributed by atoms with Crippen molar-refractivity contribution in [2.45, 2.75) is 63.9 Å². The third-order valence-electron chi connectivity index (χ3n) is 5.91. The second-order valence-corrected chi connectivity index (χ2v) is 11.0. The van der Waals surface area contributed by atoms with Gasteiger partial charge in [-0.2, -0.15) is 4.31 Å². The normalized spacial score (nSPS) is 15.7. The van der Waals surface area contributed by atoms with Gasteiger partial charge in [0.05, 0.1) is 11.4 Å². The van der Waals surface area contributed by atoms with Crippen molar-refractivity contribution in [1.82, 2.24) is 9.62 Å². The quantitative estimate of drug-likeness (QED) is 0.505. The molecular formula is C26H36N2O5S. The second kappa shape index (κ2) is 11.7. The summed E-state index contributed by atoms with van der Waals surface area (Å²) >= 11 is 0. The van der Waals surface area contributed by atoms with E-state index in [9.17, 15) is 13.2 Å². The summed E-state index contributed by atoms with van der Waals surface area (Å²) < 4.78 is 38.6. The number of hydrogen-bond donors (Lipinski definition) is 1. The monoisotopic (exact) mass is 488 g/mol. The zero-order valence-electron chi connectivity index (χ0n) is 20.5. The van der Waals surface area contributed by atoms with Gasteiger partial charge in [-0.15, -0.1) is 0 Å². The van der Waals surface area contributed by atoms with Crippen LogP contribution < -0.4 is 14.8 Å². The van der Waals surface area contributed by atoms with Crippen molar-refractivity contribution in [3.8, 4) is 11.5 Å². The Morgan fingerprint density at radius 3 is 2.35 bits per heavy atom. The van der Waals surface area contributed by atoms with Gasteiger partial charge in [0.15, 0.2) is 6.10 Å². The molecule has 1 heterocycles. The molecule has 3 rings (SSSR count). The van der Waals surface area contributed by atoms with Crippen LogP contribution in [0.1, 0.15) is 57.1 Å². The van der Waals surface area contributed by atoms with Crippen molar-refractivity contribution >= 4 is 15.9 Å². The minimum absolute atomic E-state index is 0.220. The first-order chi connectivity index (χ1) is 16.2. The summed E-state index contributed by atoms with van der Waals surface area (Å²) in [5.41, 5.74) is 2.15. The summed E-state index contributed by atoms with van der Waals surface area (Å²) in [6.07, 6.45) is 2.24. The Morgan fingerprint density at radius 1 is 1.03 bits per heavy atom. The van der Waals surface area contributed by atoms with Gasteiger partial charge in [-0.25, -0.2) is 8.42 Å². The predicted octanol–water partition coefficient (Wildman–Crippen LogP) is 4.26. The zero-order chi connectivity index (χ0) is 24.7. The molecule has 1 aliphatic rings. The minimum atomic E-state index is -3.46. The Balaban J connectivity index is 1.46. The van der Waals surface area contributed by atoms with Crippen molar-refractivity contribution in [2.24, 2.45) is 0 Å². The molecule has 0 bridgehead atoms. The van der Waals surface area contributed by atoms with E-state index in [2.05, 4.69) is 19.2 Å². The van der Waals surface area contributed by atoms with E-state index in [0.717, 1.165) is 36.1 Å². The van der Waals surface area contributed by atoms with Crippen LogP contribution in [0.4, 0.5) is 0 Å². The molecule has 186 valence electrons. The Labute approximate surface area is 203 Å². The van der Waals surface area contributed by atoms with E-state index >= 15 is 0 Å². The van der Waals surface area contributed by atoms with E-state index in [-0.39, 0.29) is 17.4 Å². The molecule has 8 heteroatoms. The Bertz CT molecular complexity index is 1060. The lowest BCUT2D eigenvalue weighted by Crippen LogP contribution is -2.38. The van der Waals surface area contributed by atoms with Crippen LogP contribution in [-0.2, 0) is 14.8 Å². The van der Waals surface area contributed by atoms with Crippen LogP contribution in [0.15, 0.2) is 47.4 Å². The average Bonchev–Trinajstić information content (AvgIpc) is 2.82. The van der Waals surface area contributed by atoms with Gasteiger partial charge < -0.3 is 14.8 Å². The highest BCUT2D eigenvalue weighted by Gasteiger charge is 2.25. The van der Waals surface area contributed by atoms with Crippen molar-refractivity contribution < 1.29 is 22.7 Å². The lowest BCUT2D eigenvalue weighted by Gasteiger charge is -2.25. The van der Waals surface area contributed by atoms with Gasteiger partial charge in [0.1, 0.15) is 18.1 Å². The number of carbonyl (C=O) groups is 1. The van der Waals surface area contributed by atoms with E-state index in [4.69, 9.17) is 9.47 Å². The molecule has 2 aromatic rings. The summed E-state index contributed by atoms with van der Waals surface area (Å²) in [7, 11) is -3.46. The molecular weight excluding hydrogens is 452 g/mol. The second-order valence-electron chi connectivity index (χ2n) is 9.03. The molecule has 1 aliphatic heterocycles. The van der Waals surface area contributed by atoms with Gasteiger partial charge in [0.2, 0.25) is 10.0 Å². The summed E-state index contributed by atoms with van der Waals surface area (Å²) in [5, 5.41) is 2.82. The third-order valence-corrected chi connectivity index (χ3v) is 7.82. The number of aryl methyl sites for hydroxylation is 1. The number of nitrogens with zero attached hydrogens (tertiary/aromatic N) is 1. The Kier molecular flexibility index (Phi) is 8.97. The predicted molar refractivity (Wildman–Crippen MR) is 133 cm³/mol. The lowest BCUT2D eigenvalue weighted by atomic mass is 10.0. The average molecular weight is 489 g/mol. The van der Waals surface area contributed by atoms with E-state index in [1.165, 1.54) is 0 Å². The zero-order valence-corrected chi connectivity index (χ0v) is 21.4. The Hall–Kier alpha value is -2.58. The number of sulfonamides is 1. The molecule has 1 fully saturated rings. The molecule has 1 amide bonds. The standard InChI is InChI=1S/C26H36N2O5S/c1-19(2)24-13-8-20(3)18-25(24)33-21(4)26(29)27-14-17-32-22-9-11-23(12-10-22)34(30,31)28-15-6-5-7-16-28/h8-13,18-19,21H,5-7,14-17H2,1-4H3,(H,27,29)/t21-/m1/s1. The number of ether oxygens (including phenoxy) is 2. The van der Waals surface area contributed by atoms with Gasteiger partial charge in [-0.1, -0.05) is 32.4 Å². The maximum absolute atomic E-state index is 12.7. The molecule has 7 nitrogen and oxygen atoms in total. The summed E-state index contributed by atoms with van der Waals surface area (Å²) in [6, 6.07) is 12.5. The Morgan fingerprint density at radius 2 is 1.71 bits per heavy atom. The molecule has 2 aromatic carbocycles. The first kappa shape index (κ1) is 26.0. The SMILES string of the molecule is Cc1ccc(C(C)C)c(O[C@H](C)C(=O)NCCOc2ccc(S(=O)(=O)N3CCCCC3)cc2)c1. The molecule has 0 radical (unpaired) electrons. The van der Waals surface area contributed by atoms with Crippen LogP contribution in [0.25, 0.3) is 0 Å². The maximum atomic E-state index is 12.7. The van der Waals surface area contributed by atoms with Gasteiger partial charge in [-0.3, -0.25) is 4.79 Å². The van der Waals surface area contributed by atoms with E-state index in [1.807, 2.05) is 25.1 Å².